The molecule has 0 fully saturated rings. The van der Waals surface area contributed by atoms with Crippen LogP contribution < -0.4 is 5.32 Å². The van der Waals surface area contributed by atoms with E-state index in [0.29, 0.717) is 12.5 Å². The number of rotatable bonds is 3. The number of hydrogen-bond acceptors (Lipinski definition) is 3. The summed E-state index contributed by atoms with van der Waals surface area (Å²) < 4.78 is 0.877. The molecule has 1 unspecified atom stereocenters. The highest BCUT2D eigenvalue weighted by Crippen LogP contribution is 2.39. The number of nitrogens with one attached hydrogen (secondary N) is 1. The predicted molar refractivity (Wildman–Crippen MR) is 58.6 cm³/mol. The summed E-state index contributed by atoms with van der Waals surface area (Å²) in [5, 5.41) is 11.8. The summed E-state index contributed by atoms with van der Waals surface area (Å²) in [6.07, 6.45) is 2.84. The molecule has 1 aromatic rings. The van der Waals surface area contributed by atoms with Crippen LogP contribution in [0.3, 0.4) is 0 Å². The fraction of sp³-hybridized carbons (Fsp3) is 0.500. The topological polar surface area (TPSA) is 35.8 Å². The first-order chi connectivity index (χ1) is 6.81. The standard InChI is InChI=1S/C10H11ClN2S/c11-10-6-7-8(13-5-1-4-12)2-3-9(7)14-10/h6,8,13H,1-3,5H2. The molecule has 1 aliphatic rings. The van der Waals surface area contributed by atoms with Crippen LogP contribution >= 0.6 is 22.9 Å². The minimum Gasteiger partial charge on any atom is -0.309 e. The van der Waals surface area contributed by atoms with Crippen LogP contribution in [0.15, 0.2) is 6.07 Å². The van der Waals surface area contributed by atoms with Gasteiger partial charge in [-0.2, -0.15) is 5.26 Å². The van der Waals surface area contributed by atoms with E-state index < -0.39 is 0 Å². The molecule has 1 atom stereocenters. The Morgan fingerprint density at radius 1 is 1.71 bits per heavy atom. The van der Waals surface area contributed by atoms with Crippen molar-refractivity contribution in [2.75, 3.05) is 6.54 Å². The van der Waals surface area contributed by atoms with Gasteiger partial charge in [-0.1, -0.05) is 11.6 Å². The molecule has 0 saturated heterocycles. The minimum absolute atomic E-state index is 0.419. The third-order valence-electron chi connectivity index (χ3n) is 2.47. The number of halogens is 1. The first-order valence-corrected chi connectivity index (χ1v) is 5.89. The molecule has 0 bridgehead atoms. The average Bonchev–Trinajstić information content (AvgIpc) is 2.66. The van der Waals surface area contributed by atoms with E-state index in [0.717, 1.165) is 23.7 Å². The van der Waals surface area contributed by atoms with Crippen molar-refractivity contribution in [1.29, 1.82) is 5.26 Å². The van der Waals surface area contributed by atoms with E-state index in [4.69, 9.17) is 16.9 Å². The Balaban J connectivity index is 2.00. The lowest BCUT2D eigenvalue weighted by atomic mass is 10.2. The molecule has 0 aromatic carbocycles. The second-order valence-corrected chi connectivity index (χ2v) is 5.15. The van der Waals surface area contributed by atoms with Crippen molar-refractivity contribution in [2.24, 2.45) is 0 Å². The summed E-state index contributed by atoms with van der Waals surface area (Å²) in [4.78, 5) is 1.41. The van der Waals surface area contributed by atoms with Gasteiger partial charge in [0.15, 0.2) is 0 Å². The first kappa shape index (κ1) is 9.97. The van der Waals surface area contributed by atoms with Gasteiger partial charge >= 0.3 is 0 Å². The number of nitrogens with zero attached hydrogens (tertiary/aromatic N) is 1. The molecular formula is C10H11ClN2S. The van der Waals surface area contributed by atoms with Gasteiger partial charge in [-0.3, -0.25) is 0 Å². The zero-order chi connectivity index (χ0) is 9.97. The summed E-state index contributed by atoms with van der Waals surface area (Å²) in [6.45, 7) is 0.772. The van der Waals surface area contributed by atoms with E-state index in [1.54, 1.807) is 11.3 Å². The van der Waals surface area contributed by atoms with Gasteiger partial charge in [0, 0.05) is 23.9 Å². The van der Waals surface area contributed by atoms with Gasteiger partial charge in [0.05, 0.1) is 10.4 Å². The number of thiophene rings is 1. The van der Waals surface area contributed by atoms with Crippen molar-refractivity contribution >= 4 is 22.9 Å². The average molecular weight is 227 g/mol. The SMILES string of the molecule is N#CCCNC1CCc2sc(Cl)cc21. The molecule has 74 valence electrons. The molecule has 0 saturated carbocycles. The largest absolute Gasteiger partial charge is 0.309 e. The summed E-state index contributed by atoms with van der Waals surface area (Å²) in [5.41, 5.74) is 1.35. The van der Waals surface area contributed by atoms with Crippen LogP contribution in [0.4, 0.5) is 0 Å². The van der Waals surface area contributed by atoms with Crippen molar-refractivity contribution in [3.8, 4) is 6.07 Å². The van der Waals surface area contributed by atoms with Gasteiger partial charge in [-0.15, -0.1) is 11.3 Å². The van der Waals surface area contributed by atoms with E-state index in [-0.39, 0.29) is 0 Å². The monoisotopic (exact) mass is 226 g/mol. The Morgan fingerprint density at radius 2 is 2.57 bits per heavy atom. The predicted octanol–water partition coefficient (Wildman–Crippen LogP) is 2.89. The van der Waals surface area contributed by atoms with E-state index >= 15 is 0 Å². The van der Waals surface area contributed by atoms with Crippen molar-refractivity contribution in [2.45, 2.75) is 25.3 Å². The van der Waals surface area contributed by atoms with E-state index in [2.05, 4.69) is 17.5 Å². The highest BCUT2D eigenvalue weighted by molar-refractivity contribution is 7.16. The Hall–Kier alpha value is -0.560. The van der Waals surface area contributed by atoms with Crippen LogP contribution in [0.1, 0.15) is 29.3 Å². The quantitative estimate of drug-likeness (QED) is 0.805. The second-order valence-electron chi connectivity index (χ2n) is 3.38. The fourth-order valence-corrected chi connectivity index (χ4v) is 3.20. The molecule has 14 heavy (non-hydrogen) atoms. The number of aryl methyl sites for hydroxylation is 1. The lowest BCUT2D eigenvalue weighted by molar-refractivity contribution is 0.538. The molecule has 1 N–H and O–H groups in total. The van der Waals surface area contributed by atoms with Crippen LogP contribution in [0.2, 0.25) is 4.34 Å². The lowest BCUT2D eigenvalue weighted by Crippen LogP contribution is -2.19. The van der Waals surface area contributed by atoms with Gasteiger partial charge in [0.1, 0.15) is 0 Å². The Kier molecular flexibility index (Phi) is 3.07. The highest BCUT2D eigenvalue weighted by atomic mass is 35.5. The number of nitriles is 1. The van der Waals surface area contributed by atoms with Gasteiger partial charge in [0.2, 0.25) is 0 Å². The Bertz CT molecular complexity index is 367. The normalized spacial score (nSPS) is 19.3. The van der Waals surface area contributed by atoms with Gasteiger partial charge in [-0.05, 0) is 24.5 Å². The molecular weight excluding hydrogens is 216 g/mol. The number of fused-ring (bicyclic) bond motifs is 1. The maximum Gasteiger partial charge on any atom is 0.0934 e. The van der Waals surface area contributed by atoms with E-state index in [1.807, 2.05) is 0 Å². The summed E-state index contributed by atoms with van der Waals surface area (Å²) in [5.74, 6) is 0. The molecule has 2 nitrogen and oxygen atoms in total. The summed E-state index contributed by atoms with van der Waals surface area (Å²) in [7, 11) is 0. The number of hydrogen-bond donors (Lipinski definition) is 1. The lowest BCUT2D eigenvalue weighted by Gasteiger charge is -2.10. The molecule has 1 aromatic heterocycles. The van der Waals surface area contributed by atoms with E-state index in [9.17, 15) is 0 Å². The first-order valence-electron chi connectivity index (χ1n) is 4.69. The van der Waals surface area contributed by atoms with Crippen LogP contribution in [0, 0.1) is 11.3 Å². The van der Waals surface area contributed by atoms with Crippen LogP contribution in [-0.4, -0.2) is 6.54 Å². The third-order valence-corrected chi connectivity index (χ3v) is 3.81. The van der Waals surface area contributed by atoms with Crippen molar-refractivity contribution in [1.82, 2.24) is 5.32 Å². The van der Waals surface area contributed by atoms with Crippen LogP contribution in [-0.2, 0) is 6.42 Å². The fourth-order valence-electron chi connectivity index (χ4n) is 1.84. The minimum atomic E-state index is 0.419. The van der Waals surface area contributed by atoms with Gasteiger partial charge in [-0.25, -0.2) is 0 Å². The molecule has 0 spiro atoms. The van der Waals surface area contributed by atoms with Gasteiger partial charge < -0.3 is 5.32 Å². The molecule has 1 aliphatic carbocycles. The summed E-state index contributed by atoms with van der Waals surface area (Å²) >= 11 is 7.62. The zero-order valence-electron chi connectivity index (χ0n) is 7.72. The van der Waals surface area contributed by atoms with Crippen molar-refractivity contribution in [3.63, 3.8) is 0 Å². The second kappa shape index (κ2) is 4.31. The van der Waals surface area contributed by atoms with Crippen molar-refractivity contribution in [3.05, 3.63) is 20.8 Å². The molecule has 0 amide bonds. The highest BCUT2D eigenvalue weighted by Gasteiger charge is 2.24. The molecule has 1 heterocycles. The molecule has 4 heteroatoms. The van der Waals surface area contributed by atoms with Crippen LogP contribution in [0.5, 0.6) is 0 Å². The van der Waals surface area contributed by atoms with E-state index in [1.165, 1.54) is 10.4 Å². The molecule has 2 rings (SSSR count). The maximum absolute atomic E-state index is 8.43. The maximum atomic E-state index is 8.43. The Labute approximate surface area is 92.5 Å². The van der Waals surface area contributed by atoms with Gasteiger partial charge in [0.25, 0.3) is 0 Å². The zero-order valence-corrected chi connectivity index (χ0v) is 9.29. The molecule has 0 radical (unpaired) electrons. The van der Waals surface area contributed by atoms with Crippen LogP contribution in [0.25, 0.3) is 0 Å². The Morgan fingerprint density at radius 3 is 3.36 bits per heavy atom. The van der Waals surface area contributed by atoms with Crippen molar-refractivity contribution < 1.29 is 0 Å². The summed E-state index contributed by atoms with van der Waals surface area (Å²) in [6, 6.07) is 4.61. The molecule has 0 aliphatic heterocycles. The smallest absolute Gasteiger partial charge is 0.0934 e. The third kappa shape index (κ3) is 1.93.